The molecule has 3 aliphatic rings. The number of amides is 1. The lowest BCUT2D eigenvalue weighted by Gasteiger charge is -2.35. The smallest absolute Gasteiger partial charge is 0.410 e. The number of likely N-dealkylation sites (tertiary alicyclic amines) is 1. The van der Waals surface area contributed by atoms with Gasteiger partial charge in [0, 0.05) is 31.3 Å². The van der Waals surface area contributed by atoms with Crippen molar-refractivity contribution in [2.24, 2.45) is 5.92 Å². The number of rotatable bonds is 3. The van der Waals surface area contributed by atoms with E-state index in [1.165, 1.54) is 19.3 Å². The first kappa shape index (κ1) is 18.0. The largest absolute Gasteiger partial charge is 0.444 e. The van der Waals surface area contributed by atoms with Gasteiger partial charge in [0.1, 0.15) is 5.60 Å². The second kappa shape index (κ2) is 7.20. The van der Waals surface area contributed by atoms with Crippen LogP contribution in [0.1, 0.15) is 66.2 Å². The number of hydrogen-bond donors (Lipinski definition) is 1. The van der Waals surface area contributed by atoms with E-state index in [0.29, 0.717) is 30.1 Å². The SMILES string of the molecule is CC1OCCC1NC1CCCC1C1CCCN1C(=O)OC(C)(C)C. The molecule has 0 radical (unpaired) electrons. The molecule has 0 aromatic carbocycles. The molecule has 0 bridgehead atoms. The van der Waals surface area contributed by atoms with E-state index < -0.39 is 5.60 Å². The van der Waals surface area contributed by atoms with E-state index in [4.69, 9.17) is 9.47 Å². The summed E-state index contributed by atoms with van der Waals surface area (Å²) in [4.78, 5) is 14.6. The van der Waals surface area contributed by atoms with E-state index >= 15 is 0 Å². The van der Waals surface area contributed by atoms with Crippen LogP contribution in [0.4, 0.5) is 4.79 Å². The van der Waals surface area contributed by atoms with Crippen LogP contribution in [0.15, 0.2) is 0 Å². The van der Waals surface area contributed by atoms with Gasteiger partial charge < -0.3 is 19.7 Å². The zero-order chi connectivity index (χ0) is 17.3. The molecule has 5 atom stereocenters. The maximum absolute atomic E-state index is 12.6. The molecule has 5 nitrogen and oxygen atoms in total. The molecule has 3 rings (SSSR count). The molecule has 3 fully saturated rings. The fraction of sp³-hybridized carbons (Fsp3) is 0.947. The molecular weight excluding hydrogens is 304 g/mol. The molecule has 2 aliphatic heterocycles. The fourth-order valence-corrected chi connectivity index (χ4v) is 4.67. The van der Waals surface area contributed by atoms with Crippen molar-refractivity contribution in [1.82, 2.24) is 10.2 Å². The van der Waals surface area contributed by atoms with E-state index in [1.54, 1.807) is 0 Å². The normalized spacial score (nSPS) is 37.2. The highest BCUT2D eigenvalue weighted by atomic mass is 16.6. The zero-order valence-corrected chi connectivity index (χ0v) is 15.7. The van der Waals surface area contributed by atoms with Crippen molar-refractivity contribution in [1.29, 1.82) is 0 Å². The highest BCUT2D eigenvalue weighted by Crippen LogP contribution is 2.37. The molecule has 138 valence electrons. The van der Waals surface area contributed by atoms with Crippen molar-refractivity contribution in [2.75, 3.05) is 13.2 Å². The maximum atomic E-state index is 12.6. The van der Waals surface area contributed by atoms with Gasteiger partial charge >= 0.3 is 6.09 Å². The van der Waals surface area contributed by atoms with Gasteiger partial charge in [0.15, 0.2) is 0 Å². The van der Waals surface area contributed by atoms with Gasteiger partial charge in [0.25, 0.3) is 0 Å². The Morgan fingerprint density at radius 2 is 1.92 bits per heavy atom. The topological polar surface area (TPSA) is 50.8 Å². The number of carbonyl (C=O) groups is 1. The third kappa shape index (κ3) is 4.05. The number of nitrogens with zero attached hydrogens (tertiary/aromatic N) is 1. The summed E-state index contributed by atoms with van der Waals surface area (Å²) in [7, 11) is 0. The van der Waals surface area contributed by atoms with Gasteiger partial charge in [-0.05, 0) is 65.7 Å². The Morgan fingerprint density at radius 3 is 2.58 bits per heavy atom. The summed E-state index contributed by atoms with van der Waals surface area (Å²) in [6.07, 6.45) is 7.16. The Morgan fingerprint density at radius 1 is 1.12 bits per heavy atom. The summed E-state index contributed by atoms with van der Waals surface area (Å²) in [6.45, 7) is 9.69. The van der Waals surface area contributed by atoms with E-state index in [1.807, 2.05) is 25.7 Å². The highest BCUT2D eigenvalue weighted by molar-refractivity contribution is 5.69. The van der Waals surface area contributed by atoms with Gasteiger partial charge in [-0.2, -0.15) is 0 Å². The summed E-state index contributed by atoms with van der Waals surface area (Å²) in [5.41, 5.74) is -0.422. The summed E-state index contributed by atoms with van der Waals surface area (Å²) in [5, 5.41) is 3.86. The van der Waals surface area contributed by atoms with Crippen molar-refractivity contribution in [2.45, 2.75) is 96.1 Å². The predicted molar refractivity (Wildman–Crippen MR) is 94.0 cm³/mol. The van der Waals surface area contributed by atoms with Crippen molar-refractivity contribution < 1.29 is 14.3 Å². The first-order chi connectivity index (χ1) is 11.3. The van der Waals surface area contributed by atoms with Gasteiger partial charge in [-0.15, -0.1) is 0 Å². The number of carbonyl (C=O) groups excluding carboxylic acids is 1. The van der Waals surface area contributed by atoms with Crippen LogP contribution in [0, 0.1) is 5.92 Å². The lowest BCUT2D eigenvalue weighted by atomic mass is 9.91. The van der Waals surface area contributed by atoms with E-state index in [0.717, 1.165) is 32.4 Å². The molecule has 5 heteroatoms. The standard InChI is InChI=1S/C19H34N2O3/c1-13-15(10-12-23-13)20-16-8-5-7-14(16)17-9-6-11-21(17)18(22)24-19(2,3)4/h13-17,20H,5-12H2,1-4H3. The third-order valence-corrected chi connectivity index (χ3v) is 5.80. The zero-order valence-electron chi connectivity index (χ0n) is 15.7. The van der Waals surface area contributed by atoms with Crippen LogP contribution in [0.5, 0.6) is 0 Å². The van der Waals surface area contributed by atoms with Crippen LogP contribution in [-0.4, -0.2) is 54.0 Å². The fourth-order valence-electron chi connectivity index (χ4n) is 4.67. The Bertz CT molecular complexity index is 448. The van der Waals surface area contributed by atoms with Gasteiger partial charge in [-0.3, -0.25) is 0 Å². The lowest BCUT2D eigenvalue weighted by Crippen LogP contribution is -2.50. The molecule has 2 saturated heterocycles. The molecule has 0 aromatic heterocycles. The van der Waals surface area contributed by atoms with Crippen LogP contribution in [0.2, 0.25) is 0 Å². The second-order valence-electron chi connectivity index (χ2n) is 8.72. The Balaban J connectivity index is 1.63. The van der Waals surface area contributed by atoms with Crippen molar-refractivity contribution in [3.8, 4) is 0 Å². The quantitative estimate of drug-likeness (QED) is 0.858. The van der Waals surface area contributed by atoms with Gasteiger partial charge in [0.05, 0.1) is 6.10 Å². The number of nitrogens with one attached hydrogen (secondary N) is 1. The van der Waals surface area contributed by atoms with Crippen LogP contribution in [-0.2, 0) is 9.47 Å². The predicted octanol–water partition coefficient (Wildman–Crippen LogP) is 3.32. The maximum Gasteiger partial charge on any atom is 0.410 e. The molecule has 24 heavy (non-hydrogen) atoms. The summed E-state index contributed by atoms with van der Waals surface area (Å²) >= 11 is 0. The Hall–Kier alpha value is -0.810. The Kier molecular flexibility index (Phi) is 5.40. The summed E-state index contributed by atoms with van der Waals surface area (Å²) < 4.78 is 11.3. The van der Waals surface area contributed by atoms with Gasteiger partial charge in [-0.25, -0.2) is 4.79 Å². The molecule has 1 saturated carbocycles. The van der Waals surface area contributed by atoms with E-state index in [2.05, 4.69) is 12.2 Å². The first-order valence-electron chi connectivity index (χ1n) is 9.72. The minimum atomic E-state index is -0.422. The Labute approximate surface area is 146 Å². The van der Waals surface area contributed by atoms with Crippen molar-refractivity contribution >= 4 is 6.09 Å². The summed E-state index contributed by atoms with van der Waals surface area (Å²) in [6, 6.07) is 1.30. The second-order valence-corrected chi connectivity index (χ2v) is 8.72. The van der Waals surface area contributed by atoms with E-state index in [-0.39, 0.29) is 6.09 Å². The van der Waals surface area contributed by atoms with Crippen LogP contribution < -0.4 is 5.32 Å². The van der Waals surface area contributed by atoms with Gasteiger partial charge in [0.2, 0.25) is 0 Å². The van der Waals surface area contributed by atoms with Crippen molar-refractivity contribution in [3.63, 3.8) is 0 Å². The highest BCUT2D eigenvalue weighted by Gasteiger charge is 2.43. The molecule has 1 amide bonds. The van der Waals surface area contributed by atoms with Crippen LogP contribution in [0.3, 0.4) is 0 Å². The van der Waals surface area contributed by atoms with E-state index in [9.17, 15) is 4.79 Å². The van der Waals surface area contributed by atoms with Crippen molar-refractivity contribution in [3.05, 3.63) is 0 Å². The molecule has 2 heterocycles. The molecule has 0 spiro atoms. The number of hydrogen-bond acceptors (Lipinski definition) is 4. The van der Waals surface area contributed by atoms with Crippen LogP contribution in [0.25, 0.3) is 0 Å². The average Bonchev–Trinajstić information content (AvgIpc) is 3.19. The number of ether oxygens (including phenoxy) is 2. The monoisotopic (exact) mass is 338 g/mol. The first-order valence-corrected chi connectivity index (χ1v) is 9.72. The average molecular weight is 338 g/mol. The molecule has 0 aromatic rings. The summed E-state index contributed by atoms with van der Waals surface area (Å²) in [5.74, 6) is 0.549. The lowest BCUT2D eigenvalue weighted by molar-refractivity contribution is 0.0162. The third-order valence-electron chi connectivity index (χ3n) is 5.80. The minimum absolute atomic E-state index is 0.131. The minimum Gasteiger partial charge on any atom is -0.444 e. The molecular formula is C19H34N2O3. The van der Waals surface area contributed by atoms with Gasteiger partial charge in [-0.1, -0.05) is 6.42 Å². The molecule has 1 aliphatic carbocycles. The molecule has 5 unspecified atom stereocenters. The van der Waals surface area contributed by atoms with Crippen LogP contribution >= 0.6 is 0 Å². The molecule has 1 N–H and O–H groups in total.